The van der Waals surface area contributed by atoms with Gasteiger partial charge in [0.05, 0.1) is 0 Å². The van der Waals surface area contributed by atoms with Gasteiger partial charge in [0, 0.05) is 6.04 Å². The Morgan fingerprint density at radius 3 is 2.54 bits per heavy atom. The SMILES string of the molecule is C=C(CCC(C)C)C[C@@H](N)/C=C\C. The van der Waals surface area contributed by atoms with Crippen molar-refractivity contribution in [1.29, 1.82) is 0 Å². The standard InChI is InChI=1S/C12H23N/c1-5-6-12(13)9-11(4)8-7-10(2)3/h5-6,10,12H,4,7-9,13H2,1-3H3/b6-5-/t12-/m0/s1. The topological polar surface area (TPSA) is 26.0 Å². The summed E-state index contributed by atoms with van der Waals surface area (Å²) in [6.45, 7) is 10.5. The van der Waals surface area contributed by atoms with E-state index in [0.717, 1.165) is 18.8 Å². The van der Waals surface area contributed by atoms with Crippen LogP contribution in [-0.2, 0) is 0 Å². The van der Waals surface area contributed by atoms with Crippen LogP contribution in [0.2, 0.25) is 0 Å². The third-order valence-corrected chi connectivity index (χ3v) is 2.04. The normalized spacial score (nSPS) is 13.9. The molecule has 0 unspecified atom stereocenters. The number of rotatable bonds is 6. The molecule has 1 atom stereocenters. The first-order valence-electron chi connectivity index (χ1n) is 5.11. The van der Waals surface area contributed by atoms with Crippen molar-refractivity contribution in [2.24, 2.45) is 11.7 Å². The van der Waals surface area contributed by atoms with Crippen molar-refractivity contribution in [1.82, 2.24) is 0 Å². The van der Waals surface area contributed by atoms with Gasteiger partial charge in [-0.15, -0.1) is 0 Å². The fraction of sp³-hybridized carbons (Fsp3) is 0.667. The van der Waals surface area contributed by atoms with Crippen LogP contribution < -0.4 is 5.73 Å². The minimum Gasteiger partial charge on any atom is -0.324 e. The number of allylic oxidation sites excluding steroid dienone is 1. The van der Waals surface area contributed by atoms with Crippen molar-refractivity contribution in [3.05, 3.63) is 24.3 Å². The molecule has 0 radical (unpaired) electrons. The van der Waals surface area contributed by atoms with Crippen molar-refractivity contribution >= 4 is 0 Å². The van der Waals surface area contributed by atoms with Gasteiger partial charge in [-0.2, -0.15) is 0 Å². The average molecular weight is 181 g/mol. The zero-order valence-corrected chi connectivity index (χ0v) is 9.22. The molecule has 0 aliphatic heterocycles. The molecule has 0 aromatic rings. The van der Waals surface area contributed by atoms with Gasteiger partial charge < -0.3 is 5.73 Å². The third-order valence-electron chi connectivity index (χ3n) is 2.04. The molecule has 0 aromatic heterocycles. The Labute approximate surface area is 82.7 Å². The largest absolute Gasteiger partial charge is 0.324 e. The lowest BCUT2D eigenvalue weighted by Gasteiger charge is -2.10. The molecule has 13 heavy (non-hydrogen) atoms. The summed E-state index contributed by atoms with van der Waals surface area (Å²) >= 11 is 0. The Morgan fingerprint density at radius 1 is 1.46 bits per heavy atom. The number of hydrogen-bond acceptors (Lipinski definition) is 1. The predicted octanol–water partition coefficient (Wildman–Crippen LogP) is 3.27. The minimum absolute atomic E-state index is 0.157. The highest BCUT2D eigenvalue weighted by molar-refractivity contribution is 5.02. The quantitative estimate of drug-likeness (QED) is 0.625. The highest BCUT2D eigenvalue weighted by Gasteiger charge is 2.02. The van der Waals surface area contributed by atoms with Crippen LogP contribution in [0, 0.1) is 5.92 Å². The molecule has 0 amide bonds. The van der Waals surface area contributed by atoms with Gasteiger partial charge in [-0.1, -0.05) is 38.2 Å². The van der Waals surface area contributed by atoms with Gasteiger partial charge in [0.25, 0.3) is 0 Å². The van der Waals surface area contributed by atoms with Crippen LogP contribution in [0.3, 0.4) is 0 Å². The van der Waals surface area contributed by atoms with E-state index in [-0.39, 0.29) is 6.04 Å². The molecule has 1 heteroatoms. The smallest absolute Gasteiger partial charge is 0.0261 e. The summed E-state index contributed by atoms with van der Waals surface area (Å²) in [7, 11) is 0. The van der Waals surface area contributed by atoms with Gasteiger partial charge in [-0.05, 0) is 32.1 Å². The zero-order valence-electron chi connectivity index (χ0n) is 9.22. The van der Waals surface area contributed by atoms with Crippen LogP contribution in [-0.4, -0.2) is 6.04 Å². The Morgan fingerprint density at radius 2 is 2.08 bits per heavy atom. The summed E-state index contributed by atoms with van der Waals surface area (Å²) in [5.74, 6) is 0.759. The molecule has 76 valence electrons. The van der Waals surface area contributed by atoms with Gasteiger partial charge in [-0.25, -0.2) is 0 Å². The monoisotopic (exact) mass is 181 g/mol. The lowest BCUT2D eigenvalue weighted by Crippen LogP contribution is -2.17. The second-order valence-electron chi connectivity index (χ2n) is 4.08. The summed E-state index contributed by atoms with van der Waals surface area (Å²) in [6.07, 6.45) is 7.29. The zero-order chi connectivity index (χ0) is 10.3. The molecule has 0 aliphatic rings. The molecule has 0 rings (SSSR count). The Balaban J connectivity index is 3.62. The van der Waals surface area contributed by atoms with E-state index in [1.807, 2.05) is 19.1 Å². The van der Waals surface area contributed by atoms with Crippen LogP contribution >= 0.6 is 0 Å². The maximum absolute atomic E-state index is 5.84. The molecule has 0 aliphatic carbocycles. The fourth-order valence-corrected chi connectivity index (χ4v) is 1.24. The van der Waals surface area contributed by atoms with Crippen molar-refractivity contribution < 1.29 is 0 Å². The van der Waals surface area contributed by atoms with Crippen LogP contribution in [0.4, 0.5) is 0 Å². The van der Waals surface area contributed by atoms with Crippen LogP contribution in [0.1, 0.15) is 40.0 Å². The first-order chi connectivity index (χ1) is 6.06. The molecule has 0 bridgehead atoms. The average Bonchev–Trinajstić information content (AvgIpc) is 2.01. The molecule has 2 N–H and O–H groups in total. The van der Waals surface area contributed by atoms with Gasteiger partial charge in [0.15, 0.2) is 0 Å². The second-order valence-corrected chi connectivity index (χ2v) is 4.08. The van der Waals surface area contributed by atoms with E-state index in [9.17, 15) is 0 Å². The van der Waals surface area contributed by atoms with Crippen molar-refractivity contribution in [3.8, 4) is 0 Å². The fourth-order valence-electron chi connectivity index (χ4n) is 1.24. The minimum atomic E-state index is 0.157. The van der Waals surface area contributed by atoms with Gasteiger partial charge >= 0.3 is 0 Å². The molecule has 1 nitrogen and oxygen atoms in total. The van der Waals surface area contributed by atoms with Crippen molar-refractivity contribution in [3.63, 3.8) is 0 Å². The molecular weight excluding hydrogens is 158 g/mol. The Kier molecular flexibility index (Phi) is 6.61. The first-order valence-corrected chi connectivity index (χ1v) is 5.11. The lowest BCUT2D eigenvalue weighted by atomic mass is 9.99. The molecule has 0 fully saturated rings. The Hall–Kier alpha value is -0.560. The van der Waals surface area contributed by atoms with E-state index in [1.54, 1.807) is 0 Å². The highest BCUT2D eigenvalue weighted by Crippen LogP contribution is 2.14. The van der Waals surface area contributed by atoms with Gasteiger partial charge in [0.1, 0.15) is 0 Å². The van der Waals surface area contributed by atoms with Gasteiger partial charge in [-0.3, -0.25) is 0 Å². The maximum atomic E-state index is 5.84. The summed E-state index contributed by atoms with van der Waals surface area (Å²) in [4.78, 5) is 0. The first kappa shape index (κ1) is 12.4. The molecular formula is C12H23N. The maximum Gasteiger partial charge on any atom is 0.0261 e. The van der Waals surface area contributed by atoms with E-state index in [4.69, 9.17) is 5.73 Å². The lowest BCUT2D eigenvalue weighted by molar-refractivity contribution is 0.573. The molecule has 0 spiro atoms. The van der Waals surface area contributed by atoms with E-state index < -0.39 is 0 Å². The van der Waals surface area contributed by atoms with E-state index in [1.165, 1.54) is 12.0 Å². The van der Waals surface area contributed by atoms with Crippen molar-refractivity contribution in [2.75, 3.05) is 0 Å². The Bertz CT molecular complexity index is 168. The van der Waals surface area contributed by atoms with Crippen LogP contribution in [0.15, 0.2) is 24.3 Å². The van der Waals surface area contributed by atoms with Crippen LogP contribution in [0.25, 0.3) is 0 Å². The molecule has 0 saturated heterocycles. The second kappa shape index (κ2) is 6.90. The van der Waals surface area contributed by atoms with Crippen LogP contribution in [0.5, 0.6) is 0 Å². The summed E-state index contributed by atoms with van der Waals surface area (Å²) in [5.41, 5.74) is 7.12. The molecule has 0 saturated carbocycles. The van der Waals surface area contributed by atoms with E-state index in [0.29, 0.717) is 0 Å². The summed E-state index contributed by atoms with van der Waals surface area (Å²) in [5, 5.41) is 0. The highest BCUT2D eigenvalue weighted by atomic mass is 14.6. The molecule has 0 heterocycles. The summed E-state index contributed by atoms with van der Waals surface area (Å²) < 4.78 is 0. The third kappa shape index (κ3) is 7.79. The van der Waals surface area contributed by atoms with E-state index in [2.05, 4.69) is 20.4 Å². The summed E-state index contributed by atoms with van der Waals surface area (Å²) in [6, 6.07) is 0.157. The van der Waals surface area contributed by atoms with Crippen molar-refractivity contribution in [2.45, 2.75) is 46.1 Å². The van der Waals surface area contributed by atoms with Gasteiger partial charge in [0.2, 0.25) is 0 Å². The number of nitrogens with two attached hydrogens (primary N) is 1. The van der Waals surface area contributed by atoms with E-state index >= 15 is 0 Å². The molecule has 0 aromatic carbocycles. The number of hydrogen-bond donors (Lipinski definition) is 1. The predicted molar refractivity (Wildman–Crippen MR) is 60.6 cm³/mol.